The van der Waals surface area contributed by atoms with Crippen molar-refractivity contribution in [1.82, 2.24) is 15.0 Å². The van der Waals surface area contributed by atoms with Crippen LogP contribution < -0.4 is 29.7 Å². The number of allylic oxidation sites excluding steroid dienone is 1. The fourth-order valence-electron chi connectivity index (χ4n) is 7.62. The highest BCUT2D eigenvalue weighted by Gasteiger charge is 2.15. The molecular formula is C54H42N4O10. The van der Waals surface area contributed by atoms with Gasteiger partial charge < -0.3 is 56.7 Å². The molecule has 0 bridgehead atoms. The molecular weight excluding hydrogens is 865 g/mol. The zero-order valence-corrected chi connectivity index (χ0v) is 37.1. The van der Waals surface area contributed by atoms with Crippen LogP contribution in [0.3, 0.4) is 0 Å². The van der Waals surface area contributed by atoms with Crippen molar-refractivity contribution in [3.8, 4) is 68.3 Å². The third-order valence-corrected chi connectivity index (χ3v) is 11.2. The number of aromatic amines is 3. The second-order valence-electron chi connectivity index (χ2n) is 15.5. The Morgan fingerprint density at radius 2 is 0.956 bits per heavy atom. The van der Waals surface area contributed by atoms with Crippen molar-refractivity contribution in [2.75, 3.05) is 28.4 Å². The Hall–Kier alpha value is -9.30. The summed E-state index contributed by atoms with van der Waals surface area (Å²) in [4.78, 5) is 24.8. The van der Waals surface area contributed by atoms with E-state index in [0.29, 0.717) is 16.9 Å². The molecule has 0 unspecified atom stereocenters. The van der Waals surface area contributed by atoms with Gasteiger partial charge in [-0.15, -0.1) is 0 Å². The average Bonchev–Trinajstić information content (AvgIpc) is 4.23. The third-order valence-electron chi connectivity index (χ3n) is 11.2. The molecule has 4 N–H and O–H groups in total. The lowest BCUT2D eigenvalue weighted by atomic mass is 10.2. The Balaban J connectivity index is 0.000000130. The van der Waals surface area contributed by atoms with Crippen LogP contribution in [0.15, 0.2) is 174 Å². The molecule has 68 heavy (non-hydrogen) atoms. The normalized spacial score (nSPS) is 12.2. The SMILES string of the molecule is COc1ccc(-c2cc3[nH]c(C(=O)O)cc3o2)cc1.COc1ccc(-c2cc3[nH]ccc3o2)cc1.COc1ccc(-c2cc3c(o2)=C/C(=C/c2cc4oc(-c5ccc(OC)cc5)cc4[nH]2)N=3)cc1. The first-order valence-electron chi connectivity index (χ1n) is 21.3. The minimum Gasteiger partial charge on any atom is -0.497 e. The smallest absolute Gasteiger partial charge is 0.352 e. The number of carboxylic acids is 1. The van der Waals surface area contributed by atoms with Crippen LogP contribution in [0.25, 0.3) is 90.7 Å². The van der Waals surface area contributed by atoms with E-state index >= 15 is 0 Å². The van der Waals surface area contributed by atoms with E-state index in [-0.39, 0.29) is 5.69 Å². The first kappa shape index (κ1) is 42.6. The number of nitrogens with zero attached hydrogens (tertiary/aromatic N) is 1. The molecule has 14 heteroatoms. The van der Waals surface area contributed by atoms with Crippen molar-refractivity contribution in [2.24, 2.45) is 4.99 Å². The highest BCUT2D eigenvalue weighted by Crippen LogP contribution is 2.32. The Kier molecular flexibility index (Phi) is 11.5. The molecule has 0 aliphatic carbocycles. The molecule has 14 nitrogen and oxygen atoms in total. The van der Waals surface area contributed by atoms with Gasteiger partial charge in [0, 0.05) is 76.6 Å². The Labute approximate surface area is 387 Å². The summed E-state index contributed by atoms with van der Waals surface area (Å²) in [5.41, 5.74) is 11.4. The summed E-state index contributed by atoms with van der Waals surface area (Å²) in [6.45, 7) is 0. The lowest BCUT2D eigenvalue weighted by molar-refractivity contribution is 0.0691. The predicted molar refractivity (Wildman–Crippen MR) is 259 cm³/mol. The zero-order chi connectivity index (χ0) is 46.7. The highest BCUT2D eigenvalue weighted by atomic mass is 16.5. The number of H-pyrrole nitrogens is 3. The van der Waals surface area contributed by atoms with Crippen LogP contribution in [-0.4, -0.2) is 54.5 Å². The number of aromatic carboxylic acids is 1. The number of methoxy groups -OCH3 is 4. The fraction of sp³-hybridized carbons (Fsp3) is 0.0741. The number of carboxylic acid groups (broad SMARTS) is 1. The quantitative estimate of drug-likeness (QED) is 0.103. The van der Waals surface area contributed by atoms with Gasteiger partial charge in [-0.1, -0.05) is 0 Å². The monoisotopic (exact) mass is 906 g/mol. The number of ether oxygens (including phenoxy) is 4. The summed E-state index contributed by atoms with van der Waals surface area (Å²) in [6.07, 6.45) is 5.78. The van der Waals surface area contributed by atoms with Gasteiger partial charge in [0.05, 0.1) is 50.7 Å². The summed E-state index contributed by atoms with van der Waals surface area (Å²) in [6, 6.07) is 43.9. The summed E-state index contributed by atoms with van der Waals surface area (Å²) < 4.78 is 44.0. The van der Waals surface area contributed by atoms with Crippen LogP contribution in [0, 0.1) is 0 Å². The molecule has 0 amide bonds. The molecule has 0 spiro atoms. The van der Waals surface area contributed by atoms with Crippen LogP contribution in [0.5, 0.6) is 23.0 Å². The molecule has 0 saturated heterocycles. The van der Waals surface area contributed by atoms with E-state index in [9.17, 15) is 4.79 Å². The van der Waals surface area contributed by atoms with Gasteiger partial charge in [0.15, 0.2) is 22.2 Å². The van der Waals surface area contributed by atoms with E-state index in [1.165, 1.54) is 6.07 Å². The highest BCUT2D eigenvalue weighted by molar-refractivity contribution is 5.93. The van der Waals surface area contributed by atoms with E-state index in [1.807, 2.05) is 146 Å². The molecule has 0 saturated carbocycles. The van der Waals surface area contributed by atoms with Crippen molar-refractivity contribution in [3.05, 3.63) is 174 Å². The maximum absolute atomic E-state index is 10.8. The van der Waals surface area contributed by atoms with Gasteiger partial charge in [0.25, 0.3) is 0 Å². The number of furan rings is 4. The van der Waals surface area contributed by atoms with Gasteiger partial charge in [-0.05, 0) is 109 Å². The van der Waals surface area contributed by atoms with Gasteiger partial charge in [-0.25, -0.2) is 9.79 Å². The van der Waals surface area contributed by atoms with Crippen LogP contribution in [0.1, 0.15) is 16.2 Å². The van der Waals surface area contributed by atoms with Crippen LogP contribution >= 0.6 is 0 Å². The van der Waals surface area contributed by atoms with Crippen LogP contribution in [0.2, 0.25) is 0 Å². The van der Waals surface area contributed by atoms with Gasteiger partial charge >= 0.3 is 5.97 Å². The largest absolute Gasteiger partial charge is 0.497 e. The summed E-state index contributed by atoms with van der Waals surface area (Å²) >= 11 is 0. The molecule has 0 radical (unpaired) electrons. The summed E-state index contributed by atoms with van der Waals surface area (Å²) in [7, 11) is 6.57. The number of nitrogens with one attached hydrogen (secondary N) is 3. The Bertz CT molecular complexity index is 3560. The van der Waals surface area contributed by atoms with Crippen LogP contribution in [-0.2, 0) is 0 Å². The van der Waals surface area contributed by atoms with Crippen molar-refractivity contribution >= 4 is 51.4 Å². The number of benzene rings is 4. The molecule has 1 aliphatic rings. The van der Waals surface area contributed by atoms with E-state index < -0.39 is 5.97 Å². The lowest BCUT2D eigenvalue weighted by Gasteiger charge is -2.00. The molecule has 8 heterocycles. The molecule has 11 aromatic rings. The van der Waals surface area contributed by atoms with E-state index in [0.717, 1.165) is 107 Å². The topological polar surface area (TPSA) is 187 Å². The standard InChI is InChI=1S/C27H20N2O4.C14H11NO4.C13H11NO2/c1-30-20-7-3-16(4-8-20)24-14-22-26(32-24)12-18(28-22)11-19-13-27-23(29-19)15-25(33-27)17-5-9-21(31-2)10-6-17;1-18-9-4-2-8(3-5-9)12-6-10-13(19-12)7-11(15-10)14(16)17;1-15-10-4-2-9(3-5-10)13-8-11-12(16-13)6-7-14-11/h3-15,28H,1-2H3;2-7,15H,1H3,(H,16,17);2-8,14H,1H3/b19-11-;;. The van der Waals surface area contributed by atoms with Gasteiger partial charge in [0.2, 0.25) is 0 Å². The second-order valence-corrected chi connectivity index (χ2v) is 15.5. The van der Waals surface area contributed by atoms with Crippen LogP contribution in [0.4, 0.5) is 0 Å². The van der Waals surface area contributed by atoms with E-state index in [1.54, 1.807) is 34.5 Å². The number of aromatic nitrogens is 3. The summed E-state index contributed by atoms with van der Waals surface area (Å²) in [5, 5.41) is 9.68. The number of rotatable bonds is 10. The first-order valence-corrected chi connectivity index (χ1v) is 21.3. The summed E-state index contributed by atoms with van der Waals surface area (Å²) in [5.74, 6) is 5.38. The molecule has 12 rings (SSSR count). The van der Waals surface area contributed by atoms with Crippen molar-refractivity contribution in [3.63, 3.8) is 0 Å². The van der Waals surface area contributed by atoms with Crippen molar-refractivity contribution in [2.45, 2.75) is 0 Å². The van der Waals surface area contributed by atoms with E-state index in [2.05, 4.69) is 19.9 Å². The minimum absolute atomic E-state index is 0.120. The van der Waals surface area contributed by atoms with Crippen molar-refractivity contribution < 1.29 is 46.5 Å². The van der Waals surface area contributed by atoms with Gasteiger partial charge in [-0.2, -0.15) is 0 Å². The molecule has 0 fully saturated rings. The maximum atomic E-state index is 10.8. The Morgan fingerprint density at radius 3 is 1.38 bits per heavy atom. The number of carbonyl (C=O) groups is 1. The first-order chi connectivity index (χ1) is 33.2. The maximum Gasteiger partial charge on any atom is 0.352 e. The van der Waals surface area contributed by atoms with E-state index in [4.69, 9.17) is 41.7 Å². The third kappa shape index (κ3) is 8.89. The average molecular weight is 907 g/mol. The number of hydrogen-bond donors (Lipinski definition) is 4. The van der Waals surface area contributed by atoms with Crippen molar-refractivity contribution in [1.29, 1.82) is 0 Å². The Morgan fingerprint density at radius 1 is 0.515 bits per heavy atom. The van der Waals surface area contributed by atoms with Gasteiger partial charge in [0.1, 0.15) is 57.1 Å². The number of hydrogen-bond acceptors (Lipinski definition) is 10. The second kappa shape index (κ2) is 18.3. The fourth-order valence-corrected chi connectivity index (χ4v) is 7.62. The van der Waals surface area contributed by atoms with Gasteiger partial charge in [-0.3, -0.25) is 0 Å². The molecule has 0 atom stereocenters. The molecule has 1 aliphatic heterocycles. The zero-order valence-electron chi connectivity index (χ0n) is 37.1. The molecule has 4 aromatic carbocycles. The molecule has 7 aromatic heterocycles. The number of fused-ring (bicyclic) bond motifs is 4. The predicted octanol–water partition coefficient (Wildman–Crippen LogP) is 11.7. The minimum atomic E-state index is -1.00. The lowest BCUT2D eigenvalue weighted by Crippen LogP contribution is -2.14. The molecule has 338 valence electrons.